The van der Waals surface area contributed by atoms with Crippen LogP contribution < -0.4 is 5.32 Å². The predicted molar refractivity (Wildman–Crippen MR) is 125 cm³/mol. The fraction of sp³-hybridized carbons (Fsp3) is 0.286. The summed E-state index contributed by atoms with van der Waals surface area (Å²) in [5.41, 5.74) is 4.26. The highest BCUT2D eigenvalue weighted by Gasteiger charge is 2.18. The standard InChI is InChI=1S/C21H22N4OS3/c1-14-5-7-15(8-6-14)19-23-24-21(27)25(19)10-9-18(26)22-17-4-2-3-16(13-17)20-28-11-12-29-20/h2-8,13,20H,9-12H2,1H3,(H,22,26)(H,24,27). The van der Waals surface area contributed by atoms with Crippen molar-refractivity contribution in [3.63, 3.8) is 0 Å². The van der Waals surface area contributed by atoms with Crippen molar-refractivity contribution in [1.82, 2.24) is 14.8 Å². The Balaban J connectivity index is 1.42. The highest BCUT2D eigenvalue weighted by atomic mass is 32.2. The van der Waals surface area contributed by atoms with Crippen LogP contribution in [0.3, 0.4) is 0 Å². The van der Waals surface area contributed by atoms with Crippen LogP contribution in [-0.2, 0) is 11.3 Å². The average Bonchev–Trinajstić information content (AvgIpc) is 3.38. The van der Waals surface area contributed by atoms with Crippen molar-refractivity contribution < 1.29 is 4.79 Å². The lowest BCUT2D eigenvalue weighted by Gasteiger charge is -2.12. The Morgan fingerprint density at radius 1 is 1.24 bits per heavy atom. The number of aromatic amines is 1. The number of thioether (sulfide) groups is 2. The van der Waals surface area contributed by atoms with Crippen molar-refractivity contribution in [3.05, 3.63) is 64.4 Å². The van der Waals surface area contributed by atoms with E-state index in [9.17, 15) is 4.79 Å². The highest BCUT2D eigenvalue weighted by molar-refractivity contribution is 8.19. The molecule has 2 heterocycles. The number of benzene rings is 2. The van der Waals surface area contributed by atoms with Crippen molar-refractivity contribution in [2.24, 2.45) is 0 Å². The summed E-state index contributed by atoms with van der Waals surface area (Å²) in [6.07, 6.45) is 0.323. The maximum atomic E-state index is 12.5. The first-order valence-corrected chi connectivity index (χ1v) is 12.0. The van der Waals surface area contributed by atoms with Crippen LogP contribution in [0.1, 0.15) is 22.1 Å². The number of carbonyl (C=O) groups is 1. The number of amides is 1. The Morgan fingerprint density at radius 2 is 2.00 bits per heavy atom. The van der Waals surface area contributed by atoms with E-state index in [1.165, 1.54) is 22.6 Å². The molecule has 0 saturated carbocycles. The number of nitrogens with zero attached hydrogens (tertiary/aromatic N) is 2. The normalized spacial score (nSPS) is 14.2. The molecule has 2 aromatic carbocycles. The van der Waals surface area contributed by atoms with E-state index in [0.29, 0.717) is 22.3 Å². The molecule has 1 amide bonds. The minimum absolute atomic E-state index is 0.0353. The number of rotatable bonds is 6. The Hall–Kier alpha value is -2.03. The summed E-state index contributed by atoms with van der Waals surface area (Å²) >= 11 is 9.28. The van der Waals surface area contributed by atoms with Crippen molar-refractivity contribution in [3.8, 4) is 11.4 Å². The van der Waals surface area contributed by atoms with Crippen molar-refractivity contribution >= 4 is 47.3 Å². The molecule has 1 fully saturated rings. The molecule has 8 heteroatoms. The number of anilines is 1. The van der Waals surface area contributed by atoms with E-state index in [2.05, 4.69) is 27.6 Å². The second kappa shape index (κ2) is 9.19. The van der Waals surface area contributed by atoms with Gasteiger partial charge in [0.2, 0.25) is 5.91 Å². The highest BCUT2D eigenvalue weighted by Crippen LogP contribution is 2.45. The number of hydrogen-bond acceptors (Lipinski definition) is 5. The summed E-state index contributed by atoms with van der Waals surface area (Å²) in [6, 6.07) is 16.3. The zero-order valence-electron chi connectivity index (χ0n) is 16.1. The Bertz CT molecular complexity index is 1050. The van der Waals surface area contributed by atoms with Crippen LogP contribution in [0.15, 0.2) is 48.5 Å². The molecule has 0 radical (unpaired) electrons. The third-order valence-corrected chi connectivity index (χ3v) is 8.11. The molecule has 1 aliphatic rings. The van der Waals surface area contributed by atoms with Gasteiger partial charge in [0.05, 0.1) is 4.58 Å². The zero-order chi connectivity index (χ0) is 20.2. The van der Waals surface area contributed by atoms with E-state index in [0.717, 1.165) is 17.1 Å². The summed E-state index contributed by atoms with van der Waals surface area (Å²) < 4.78 is 2.86. The minimum Gasteiger partial charge on any atom is -0.326 e. The van der Waals surface area contributed by atoms with E-state index in [-0.39, 0.29) is 5.91 Å². The van der Waals surface area contributed by atoms with Gasteiger partial charge in [-0.1, -0.05) is 42.0 Å². The summed E-state index contributed by atoms with van der Waals surface area (Å²) in [4.78, 5) is 12.5. The summed E-state index contributed by atoms with van der Waals surface area (Å²) in [6.45, 7) is 2.52. The number of nitrogens with one attached hydrogen (secondary N) is 2. The molecule has 4 rings (SSSR count). The second-order valence-electron chi connectivity index (χ2n) is 6.87. The fourth-order valence-electron chi connectivity index (χ4n) is 3.20. The maximum Gasteiger partial charge on any atom is 0.226 e. The van der Waals surface area contributed by atoms with Crippen molar-refractivity contribution in [1.29, 1.82) is 0 Å². The summed E-state index contributed by atoms with van der Waals surface area (Å²) in [5, 5.41) is 10.2. The monoisotopic (exact) mass is 442 g/mol. The molecule has 0 unspecified atom stereocenters. The topological polar surface area (TPSA) is 62.7 Å². The smallest absolute Gasteiger partial charge is 0.226 e. The molecule has 29 heavy (non-hydrogen) atoms. The van der Waals surface area contributed by atoms with Gasteiger partial charge < -0.3 is 5.32 Å². The van der Waals surface area contributed by atoms with Gasteiger partial charge in [0, 0.05) is 35.7 Å². The SMILES string of the molecule is Cc1ccc(-c2n[nH]c(=S)n2CCC(=O)Nc2cccc(C3SCCS3)c2)cc1. The van der Waals surface area contributed by atoms with Gasteiger partial charge in [0.1, 0.15) is 0 Å². The molecule has 0 atom stereocenters. The Kier molecular flexibility index (Phi) is 6.42. The first-order chi connectivity index (χ1) is 14.1. The third-order valence-electron chi connectivity index (χ3n) is 4.69. The minimum atomic E-state index is -0.0353. The van der Waals surface area contributed by atoms with Crippen LogP contribution in [-0.4, -0.2) is 32.2 Å². The molecular weight excluding hydrogens is 420 g/mol. The molecule has 0 aliphatic carbocycles. The maximum absolute atomic E-state index is 12.5. The van der Waals surface area contributed by atoms with Gasteiger partial charge in [-0.15, -0.1) is 23.5 Å². The van der Waals surface area contributed by atoms with E-state index in [4.69, 9.17) is 12.2 Å². The lowest BCUT2D eigenvalue weighted by Crippen LogP contribution is -2.15. The zero-order valence-corrected chi connectivity index (χ0v) is 18.5. The van der Waals surface area contributed by atoms with E-state index < -0.39 is 0 Å². The number of aryl methyl sites for hydroxylation is 1. The predicted octanol–water partition coefficient (Wildman–Crippen LogP) is 5.42. The van der Waals surface area contributed by atoms with Crippen LogP contribution >= 0.6 is 35.7 Å². The molecular formula is C21H22N4OS3. The van der Waals surface area contributed by atoms with Gasteiger partial charge in [-0.2, -0.15) is 5.10 Å². The molecule has 0 spiro atoms. The first-order valence-electron chi connectivity index (χ1n) is 9.45. The molecule has 1 saturated heterocycles. The quantitative estimate of drug-likeness (QED) is 0.499. The van der Waals surface area contributed by atoms with E-state index >= 15 is 0 Å². The van der Waals surface area contributed by atoms with Gasteiger partial charge in [0.15, 0.2) is 10.6 Å². The number of hydrogen-bond donors (Lipinski definition) is 2. The number of aromatic nitrogens is 3. The molecule has 1 aliphatic heterocycles. The van der Waals surface area contributed by atoms with Gasteiger partial charge in [-0.05, 0) is 36.8 Å². The molecule has 0 bridgehead atoms. The molecule has 5 nitrogen and oxygen atoms in total. The molecule has 3 aromatic rings. The van der Waals surface area contributed by atoms with Crippen LogP contribution in [0, 0.1) is 11.7 Å². The van der Waals surface area contributed by atoms with Gasteiger partial charge in [-0.25, -0.2) is 0 Å². The third kappa shape index (κ3) is 4.94. The van der Waals surface area contributed by atoms with E-state index in [1.54, 1.807) is 0 Å². The van der Waals surface area contributed by atoms with Gasteiger partial charge >= 0.3 is 0 Å². The first kappa shape index (κ1) is 20.3. The molecule has 150 valence electrons. The van der Waals surface area contributed by atoms with Crippen LogP contribution in [0.5, 0.6) is 0 Å². The Morgan fingerprint density at radius 3 is 2.76 bits per heavy atom. The molecule has 2 N–H and O–H groups in total. The van der Waals surface area contributed by atoms with Crippen molar-refractivity contribution in [2.75, 3.05) is 16.8 Å². The largest absolute Gasteiger partial charge is 0.326 e. The van der Waals surface area contributed by atoms with Crippen LogP contribution in [0.4, 0.5) is 5.69 Å². The van der Waals surface area contributed by atoms with Crippen LogP contribution in [0.2, 0.25) is 0 Å². The summed E-state index contributed by atoms with van der Waals surface area (Å²) in [7, 11) is 0. The van der Waals surface area contributed by atoms with Crippen molar-refractivity contribution in [2.45, 2.75) is 24.5 Å². The summed E-state index contributed by atoms with van der Waals surface area (Å²) in [5.74, 6) is 3.08. The van der Waals surface area contributed by atoms with Crippen LogP contribution in [0.25, 0.3) is 11.4 Å². The molecule has 1 aromatic heterocycles. The van der Waals surface area contributed by atoms with E-state index in [1.807, 2.05) is 71.4 Å². The average molecular weight is 443 g/mol. The van der Waals surface area contributed by atoms with Gasteiger partial charge in [0.25, 0.3) is 0 Å². The Labute approximate surface area is 183 Å². The lowest BCUT2D eigenvalue weighted by atomic mass is 10.1. The number of H-pyrrole nitrogens is 1. The second-order valence-corrected chi connectivity index (χ2v) is 9.98. The van der Waals surface area contributed by atoms with Gasteiger partial charge in [-0.3, -0.25) is 14.5 Å². The fourth-order valence-corrected chi connectivity index (χ4v) is 6.26. The lowest BCUT2D eigenvalue weighted by molar-refractivity contribution is -0.116. The number of carbonyl (C=O) groups excluding carboxylic acids is 1.